The van der Waals surface area contributed by atoms with Gasteiger partial charge in [-0.1, -0.05) is 0 Å². The topological polar surface area (TPSA) is 132 Å². The second-order valence-electron chi connectivity index (χ2n) is 8.17. The van der Waals surface area contributed by atoms with Crippen molar-refractivity contribution < 1.29 is 38.8 Å². The summed E-state index contributed by atoms with van der Waals surface area (Å²) in [5.74, 6) is -1.03. The number of carbonyl (C=O) groups excluding carboxylic acids is 3. The van der Waals surface area contributed by atoms with E-state index < -0.39 is 0 Å². The van der Waals surface area contributed by atoms with Crippen LogP contribution in [-0.2, 0) is 28.6 Å². The zero-order valence-corrected chi connectivity index (χ0v) is 20.8. The average molecular weight is 491 g/mol. The molecule has 0 aliphatic carbocycles. The maximum atomic E-state index is 12.2. The fraction of sp³-hybridized carbons (Fsp3) is 0.864. The highest BCUT2D eigenvalue weighted by molar-refractivity contribution is 5.72. The number of nitrogens with zero attached hydrogens (tertiary/aromatic N) is 4. The molecule has 0 spiro atoms. The van der Waals surface area contributed by atoms with Gasteiger partial charge in [0.15, 0.2) is 0 Å². The summed E-state index contributed by atoms with van der Waals surface area (Å²) in [6.45, 7) is 6.44. The van der Waals surface area contributed by atoms with E-state index in [1.54, 1.807) is 6.92 Å². The fourth-order valence-electron chi connectivity index (χ4n) is 3.81. The molecule has 1 aliphatic rings. The van der Waals surface area contributed by atoms with E-state index in [-0.39, 0.29) is 56.8 Å². The van der Waals surface area contributed by atoms with Crippen LogP contribution in [0.15, 0.2) is 0 Å². The predicted octanol–water partition coefficient (Wildman–Crippen LogP) is -2.14. The molecule has 1 aliphatic heterocycles. The lowest BCUT2D eigenvalue weighted by Crippen LogP contribution is -2.51. The number of methoxy groups -OCH3 is 2. The zero-order chi connectivity index (χ0) is 25.3. The average Bonchev–Trinajstić information content (AvgIpc) is 2.82. The number of hydrogen-bond donors (Lipinski definition) is 2. The van der Waals surface area contributed by atoms with Gasteiger partial charge in [-0.3, -0.25) is 34.0 Å². The van der Waals surface area contributed by atoms with E-state index in [4.69, 9.17) is 14.2 Å². The van der Waals surface area contributed by atoms with Gasteiger partial charge in [-0.15, -0.1) is 0 Å². The van der Waals surface area contributed by atoms with Gasteiger partial charge in [0.05, 0.1) is 47.1 Å². The second-order valence-corrected chi connectivity index (χ2v) is 8.17. The van der Waals surface area contributed by atoms with Crippen LogP contribution < -0.4 is 0 Å². The van der Waals surface area contributed by atoms with Crippen LogP contribution in [0.25, 0.3) is 0 Å². The Kier molecular flexibility index (Phi) is 15.6. The van der Waals surface area contributed by atoms with Crippen molar-refractivity contribution in [3.63, 3.8) is 0 Å². The van der Waals surface area contributed by atoms with Crippen LogP contribution in [0.5, 0.6) is 0 Å². The normalized spacial score (nSPS) is 19.0. The molecule has 1 unspecified atom stereocenters. The van der Waals surface area contributed by atoms with Crippen LogP contribution in [0.4, 0.5) is 0 Å². The largest absolute Gasteiger partial charge is 0.468 e. The molecule has 34 heavy (non-hydrogen) atoms. The van der Waals surface area contributed by atoms with Gasteiger partial charge in [-0.05, 0) is 13.3 Å². The van der Waals surface area contributed by atoms with Crippen molar-refractivity contribution in [1.82, 2.24) is 19.6 Å². The molecule has 0 aromatic heterocycles. The summed E-state index contributed by atoms with van der Waals surface area (Å²) in [7, 11) is 2.68. The van der Waals surface area contributed by atoms with E-state index >= 15 is 0 Å². The highest BCUT2D eigenvalue weighted by Gasteiger charge is 2.24. The van der Waals surface area contributed by atoms with Crippen molar-refractivity contribution in [2.75, 3.05) is 106 Å². The van der Waals surface area contributed by atoms with E-state index in [2.05, 4.69) is 4.90 Å². The third kappa shape index (κ3) is 12.0. The van der Waals surface area contributed by atoms with E-state index in [9.17, 15) is 24.6 Å². The van der Waals surface area contributed by atoms with Crippen LogP contribution in [0.2, 0.25) is 0 Å². The van der Waals surface area contributed by atoms with Gasteiger partial charge in [0.25, 0.3) is 0 Å². The molecule has 2 N–H and O–H groups in total. The maximum absolute atomic E-state index is 12.2. The molecule has 1 atom stereocenters. The van der Waals surface area contributed by atoms with Gasteiger partial charge in [0.2, 0.25) is 0 Å². The van der Waals surface area contributed by atoms with Crippen molar-refractivity contribution in [3.8, 4) is 0 Å². The summed E-state index contributed by atoms with van der Waals surface area (Å²) in [5.41, 5.74) is 0. The molecule has 0 amide bonds. The summed E-state index contributed by atoms with van der Waals surface area (Å²) in [5, 5.41) is 19.3. The Hall–Kier alpha value is -1.83. The molecule has 1 rings (SSSR count). The Balaban J connectivity index is 3.06. The Morgan fingerprint density at radius 2 is 1.15 bits per heavy atom. The molecular formula is C22H42N4O8. The highest BCUT2D eigenvalue weighted by Crippen LogP contribution is 2.08. The number of aliphatic hydroxyl groups is 2. The van der Waals surface area contributed by atoms with E-state index in [1.807, 2.05) is 14.7 Å². The molecule has 0 bridgehead atoms. The Morgan fingerprint density at radius 1 is 0.735 bits per heavy atom. The number of carbonyl (C=O) groups is 3. The summed E-state index contributed by atoms with van der Waals surface area (Å²) in [4.78, 5) is 44.0. The van der Waals surface area contributed by atoms with E-state index in [0.29, 0.717) is 65.4 Å². The third-order valence-electron chi connectivity index (χ3n) is 5.88. The SMILES string of the molecule is CCOC(=O)CN1CCN(CC(=O)OC)CCN(CC(=O)OC)CCN(C(CO)CCO)CC1. The van der Waals surface area contributed by atoms with Gasteiger partial charge in [0.1, 0.15) is 0 Å². The monoisotopic (exact) mass is 490 g/mol. The molecule has 12 heteroatoms. The van der Waals surface area contributed by atoms with Crippen LogP contribution >= 0.6 is 0 Å². The van der Waals surface area contributed by atoms with Crippen LogP contribution in [0, 0.1) is 0 Å². The Morgan fingerprint density at radius 3 is 1.50 bits per heavy atom. The number of rotatable bonds is 11. The van der Waals surface area contributed by atoms with Gasteiger partial charge in [-0.25, -0.2) is 0 Å². The number of hydrogen-bond acceptors (Lipinski definition) is 12. The number of esters is 3. The lowest BCUT2D eigenvalue weighted by molar-refractivity contribution is -0.145. The Bertz CT molecular complexity index is 609. The maximum Gasteiger partial charge on any atom is 0.320 e. The van der Waals surface area contributed by atoms with Gasteiger partial charge in [0, 0.05) is 65.0 Å². The third-order valence-corrected chi connectivity index (χ3v) is 5.88. The van der Waals surface area contributed by atoms with Crippen molar-refractivity contribution in [2.45, 2.75) is 19.4 Å². The standard InChI is InChI=1S/C22H42N4O8/c1-4-34-22(31)17-25-9-7-23(15-20(29)32-2)6-8-24(16-21(30)33-3)10-12-26(13-11-25)19(18-28)5-14-27/h19,27-28H,4-18H2,1-3H3. The van der Waals surface area contributed by atoms with Crippen molar-refractivity contribution in [2.24, 2.45) is 0 Å². The minimum atomic E-state index is -0.357. The first-order chi connectivity index (χ1) is 16.4. The van der Waals surface area contributed by atoms with Crippen LogP contribution in [-0.4, -0.2) is 160 Å². The zero-order valence-electron chi connectivity index (χ0n) is 20.8. The highest BCUT2D eigenvalue weighted by atomic mass is 16.5. The number of aliphatic hydroxyl groups excluding tert-OH is 2. The van der Waals surface area contributed by atoms with Gasteiger partial charge >= 0.3 is 17.9 Å². The quantitative estimate of drug-likeness (QED) is 0.242. The minimum absolute atomic E-state index is 0.0529. The van der Waals surface area contributed by atoms with Crippen molar-refractivity contribution in [1.29, 1.82) is 0 Å². The van der Waals surface area contributed by atoms with E-state index in [1.165, 1.54) is 14.2 Å². The molecule has 0 aromatic rings. The molecule has 12 nitrogen and oxygen atoms in total. The van der Waals surface area contributed by atoms with E-state index in [0.717, 1.165) is 0 Å². The van der Waals surface area contributed by atoms with Crippen LogP contribution in [0.3, 0.4) is 0 Å². The number of ether oxygens (including phenoxy) is 3. The van der Waals surface area contributed by atoms with Gasteiger partial charge in [-0.2, -0.15) is 0 Å². The van der Waals surface area contributed by atoms with Crippen LogP contribution in [0.1, 0.15) is 13.3 Å². The lowest BCUT2D eigenvalue weighted by Gasteiger charge is -2.36. The summed E-state index contributed by atoms with van der Waals surface area (Å²) < 4.78 is 14.8. The first-order valence-electron chi connectivity index (χ1n) is 11.8. The molecule has 0 aromatic carbocycles. The smallest absolute Gasteiger partial charge is 0.320 e. The van der Waals surface area contributed by atoms with Crippen molar-refractivity contribution in [3.05, 3.63) is 0 Å². The molecule has 1 saturated heterocycles. The molecule has 1 heterocycles. The predicted molar refractivity (Wildman–Crippen MR) is 124 cm³/mol. The summed E-state index contributed by atoms with van der Waals surface area (Å²) in [6.07, 6.45) is 0.415. The molecular weight excluding hydrogens is 448 g/mol. The second kappa shape index (κ2) is 17.6. The summed E-state index contributed by atoms with van der Waals surface area (Å²) in [6, 6.07) is -0.242. The first kappa shape index (κ1) is 30.2. The molecule has 0 radical (unpaired) electrons. The Labute approximate surface area is 202 Å². The molecule has 0 saturated carbocycles. The fourth-order valence-corrected chi connectivity index (χ4v) is 3.81. The summed E-state index contributed by atoms with van der Waals surface area (Å²) >= 11 is 0. The molecule has 198 valence electrons. The first-order valence-corrected chi connectivity index (χ1v) is 11.8. The van der Waals surface area contributed by atoms with Crippen molar-refractivity contribution >= 4 is 17.9 Å². The van der Waals surface area contributed by atoms with Gasteiger partial charge < -0.3 is 24.4 Å². The lowest BCUT2D eigenvalue weighted by atomic mass is 10.2. The molecule has 1 fully saturated rings. The minimum Gasteiger partial charge on any atom is -0.468 e.